The van der Waals surface area contributed by atoms with Gasteiger partial charge in [-0.25, -0.2) is 0 Å². The standard InChI is InChI=1S/C14H11N3O3/c1-8-9(6-15)13(19)17-14(20)10(8)7-16-11-4-2-3-5-12(11)18/h2-5,7,18H,1H3,(H2,17,19,20). The molecular formula is C14H11N3O3. The van der Waals surface area contributed by atoms with Crippen LogP contribution in [0.2, 0.25) is 0 Å². The van der Waals surface area contributed by atoms with Crippen molar-refractivity contribution in [2.45, 2.75) is 6.92 Å². The van der Waals surface area contributed by atoms with Gasteiger partial charge in [-0.05, 0) is 24.6 Å². The number of phenolic OH excluding ortho intramolecular Hbond substituents is 1. The number of phenols is 1. The number of aromatic nitrogens is 1. The van der Waals surface area contributed by atoms with Gasteiger partial charge in [0, 0.05) is 6.21 Å². The van der Waals surface area contributed by atoms with Crippen LogP contribution in [0.25, 0.3) is 0 Å². The smallest absolute Gasteiger partial charge is 0.268 e. The van der Waals surface area contributed by atoms with Crippen molar-refractivity contribution in [3.05, 3.63) is 51.3 Å². The first-order valence-electron chi connectivity index (χ1n) is 5.72. The topological polar surface area (TPSA) is 109 Å². The van der Waals surface area contributed by atoms with Crippen molar-refractivity contribution in [2.24, 2.45) is 4.99 Å². The number of hydrogen-bond acceptors (Lipinski definition) is 5. The van der Waals surface area contributed by atoms with E-state index in [0.717, 1.165) is 0 Å². The molecule has 1 aromatic carbocycles. The summed E-state index contributed by atoms with van der Waals surface area (Å²) in [5.41, 5.74) is 0.136. The molecule has 0 fully saturated rings. The van der Waals surface area contributed by atoms with Crippen LogP contribution in [0.3, 0.4) is 0 Å². The Hall–Kier alpha value is -3.07. The number of H-pyrrole nitrogens is 1. The van der Waals surface area contributed by atoms with Gasteiger partial charge in [-0.2, -0.15) is 5.26 Å². The summed E-state index contributed by atoms with van der Waals surface area (Å²) in [6.45, 7) is 1.54. The molecule has 3 N–H and O–H groups in total. The van der Waals surface area contributed by atoms with Gasteiger partial charge < -0.3 is 10.2 Å². The van der Waals surface area contributed by atoms with Gasteiger partial charge in [0.25, 0.3) is 5.56 Å². The third-order valence-electron chi connectivity index (χ3n) is 2.82. The zero-order chi connectivity index (χ0) is 14.7. The van der Waals surface area contributed by atoms with Crippen LogP contribution in [0.4, 0.5) is 5.69 Å². The molecule has 0 aliphatic rings. The quantitative estimate of drug-likeness (QED) is 0.721. The molecule has 0 spiro atoms. The number of nitrogens with zero attached hydrogens (tertiary/aromatic N) is 2. The third-order valence-corrected chi connectivity index (χ3v) is 2.82. The minimum absolute atomic E-state index is 0.00850. The van der Waals surface area contributed by atoms with Crippen molar-refractivity contribution < 1.29 is 10.2 Å². The highest BCUT2D eigenvalue weighted by molar-refractivity contribution is 5.87. The van der Waals surface area contributed by atoms with E-state index in [1.807, 2.05) is 0 Å². The molecule has 100 valence electrons. The first-order chi connectivity index (χ1) is 9.54. The fraction of sp³-hybridized carbons (Fsp3) is 0.0714. The summed E-state index contributed by atoms with van der Waals surface area (Å²) in [6.07, 6.45) is 1.29. The molecule has 0 bridgehead atoms. The van der Waals surface area contributed by atoms with Crippen molar-refractivity contribution in [3.63, 3.8) is 0 Å². The number of aliphatic imine (C=N–C) groups is 1. The van der Waals surface area contributed by atoms with E-state index in [4.69, 9.17) is 5.26 Å². The SMILES string of the molecule is Cc1c(C=Nc2ccccc2O)c(O)[nH]c(=O)c1C#N. The number of pyridine rings is 1. The first-order valence-corrected chi connectivity index (χ1v) is 5.72. The Balaban J connectivity index is 2.53. The van der Waals surface area contributed by atoms with Gasteiger partial charge in [-0.1, -0.05) is 12.1 Å². The molecule has 0 atom stereocenters. The van der Waals surface area contributed by atoms with Crippen LogP contribution in [0.5, 0.6) is 11.6 Å². The lowest BCUT2D eigenvalue weighted by Gasteiger charge is -2.04. The van der Waals surface area contributed by atoms with Crippen molar-refractivity contribution in [2.75, 3.05) is 0 Å². The maximum Gasteiger partial charge on any atom is 0.268 e. The highest BCUT2D eigenvalue weighted by Gasteiger charge is 2.12. The van der Waals surface area contributed by atoms with Crippen LogP contribution in [0, 0.1) is 18.3 Å². The van der Waals surface area contributed by atoms with Gasteiger partial charge in [0.2, 0.25) is 5.88 Å². The number of nitrogens with one attached hydrogen (secondary N) is 1. The van der Waals surface area contributed by atoms with Gasteiger partial charge in [0.05, 0.1) is 5.56 Å². The summed E-state index contributed by atoms with van der Waals surface area (Å²) in [5, 5.41) is 28.2. The van der Waals surface area contributed by atoms with Gasteiger partial charge in [0.15, 0.2) is 0 Å². The lowest BCUT2D eigenvalue weighted by molar-refractivity contribution is 0.450. The van der Waals surface area contributed by atoms with Gasteiger partial charge >= 0.3 is 0 Å². The number of hydrogen-bond donors (Lipinski definition) is 3. The Morgan fingerprint density at radius 3 is 2.70 bits per heavy atom. The third kappa shape index (κ3) is 2.37. The Labute approximate surface area is 114 Å². The Bertz CT molecular complexity index is 785. The summed E-state index contributed by atoms with van der Waals surface area (Å²) in [5.74, 6) is -0.378. The fourth-order valence-electron chi connectivity index (χ4n) is 1.72. The molecule has 6 heteroatoms. The van der Waals surface area contributed by atoms with Crippen LogP contribution in [-0.4, -0.2) is 21.4 Å². The fourth-order valence-corrected chi connectivity index (χ4v) is 1.72. The van der Waals surface area contributed by atoms with Crippen LogP contribution >= 0.6 is 0 Å². The van der Waals surface area contributed by atoms with E-state index >= 15 is 0 Å². The lowest BCUT2D eigenvalue weighted by Crippen LogP contribution is -2.14. The molecule has 0 radical (unpaired) electrons. The highest BCUT2D eigenvalue weighted by atomic mass is 16.3. The molecule has 0 aliphatic carbocycles. The highest BCUT2D eigenvalue weighted by Crippen LogP contribution is 2.25. The van der Waals surface area contributed by atoms with E-state index in [9.17, 15) is 15.0 Å². The average molecular weight is 269 g/mol. The zero-order valence-corrected chi connectivity index (χ0v) is 10.6. The first kappa shape index (κ1) is 13.4. The van der Waals surface area contributed by atoms with Crippen molar-refractivity contribution >= 4 is 11.9 Å². The van der Waals surface area contributed by atoms with E-state index in [1.165, 1.54) is 12.3 Å². The number of aromatic hydroxyl groups is 2. The van der Waals surface area contributed by atoms with E-state index in [2.05, 4.69) is 9.98 Å². The second-order valence-corrected chi connectivity index (χ2v) is 4.08. The Kier molecular flexibility index (Phi) is 3.53. The summed E-state index contributed by atoms with van der Waals surface area (Å²) in [6, 6.07) is 8.20. The lowest BCUT2D eigenvalue weighted by atomic mass is 10.1. The van der Waals surface area contributed by atoms with Crippen LogP contribution in [0.15, 0.2) is 34.1 Å². The molecule has 0 amide bonds. The minimum atomic E-state index is -0.651. The van der Waals surface area contributed by atoms with E-state index in [1.54, 1.807) is 31.2 Å². The van der Waals surface area contributed by atoms with Crippen molar-refractivity contribution in [1.82, 2.24) is 4.98 Å². The molecular weight excluding hydrogens is 258 g/mol. The molecule has 0 unspecified atom stereocenters. The minimum Gasteiger partial charge on any atom is -0.506 e. The number of nitriles is 1. The maximum absolute atomic E-state index is 11.4. The molecule has 20 heavy (non-hydrogen) atoms. The number of benzene rings is 1. The summed E-state index contributed by atoms with van der Waals surface area (Å²) < 4.78 is 0. The monoisotopic (exact) mass is 269 g/mol. The largest absolute Gasteiger partial charge is 0.506 e. The van der Waals surface area contributed by atoms with Crippen molar-refractivity contribution in [3.8, 4) is 17.7 Å². The van der Waals surface area contributed by atoms with Crippen molar-refractivity contribution in [1.29, 1.82) is 5.26 Å². The molecule has 2 aromatic rings. The molecule has 1 aromatic heterocycles. The van der Waals surface area contributed by atoms with Gasteiger partial charge in [-0.15, -0.1) is 0 Å². The van der Waals surface area contributed by atoms with Gasteiger partial charge in [-0.3, -0.25) is 14.8 Å². The normalized spacial score (nSPS) is 10.6. The summed E-state index contributed by atoms with van der Waals surface area (Å²) in [4.78, 5) is 17.7. The van der Waals surface area contributed by atoms with Crippen LogP contribution in [-0.2, 0) is 0 Å². The molecule has 6 nitrogen and oxygen atoms in total. The van der Waals surface area contributed by atoms with E-state index < -0.39 is 5.56 Å². The number of aromatic amines is 1. The second-order valence-electron chi connectivity index (χ2n) is 4.08. The zero-order valence-electron chi connectivity index (χ0n) is 10.6. The maximum atomic E-state index is 11.4. The molecule has 2 rings (SSSR count). The molecule has 0 aliphatic heterocycles. The predicted molar refractivity (Wildman–Crippen MR) is 73.5 cm³/mol. The average Bonchev–Trinajstić information content (AvgIpc) is 2.40. The molecule has 0 saturated carbocycles. The summed E-state index contributed by atoms with van der Waals surface area (Å²) >= 11 is 0. The van der Waals surface area contributed by atoms with E-state index in [0.29, 0.717) is 11.3 Å². The van der Waals surface area contributed by atoms with Gasteiger partial charge in [0.1, 0.15) is 23.1 Å². The predicted octanol–water partition coefficient (Wildman–Crippen LogP) is 1.72. The Morgan fingerprint density at radius 1 is 1.35 bits per heavy atom. The van der Waals surface area contributed by atoms with Crippen LogP contribution < -0.4 is 5.56 Å². The number of rotatable bonds is 2. The number of para-hydroxylation sites is 2. The molecule has 1 heterocycles. The van der Waals surface area contributed by atoms with Crippen LogP contribution in [0.1, 0.15) is 16.7 Å². The van der Waals surface area contributed by atoms with E-state index in [-0.39, 0.29) is 22.8 Å². The summed E-state index contributed by atoms with van der Waals surface area (Å²) in [7, 11) is 0. The molecule has 0 saturated heterocycles. The second kappa shape index (κ2) is 5.28. The Morgan fingerprint density at radius 2 is 2.05 bits per heavy atom.